The molecule has 0 aliphatic heterocycles. The monoisotopic (exact) mass is 519 g/mol. The number of alkyl carbamates (subject to hydrolysis) is 1. The fourth-order valence-electron chi connectivity index (χ4n) is 3.47. The van der Waals surface area contributed by atoms with Crippen molar-refractivity contribution >= 4 is 18.0 Å². The van der Waals surface area contributed by atoms with Gasteiger partial charge in [0.25, 0.3) is 0 Å². The van der Waals surface area contributed by atoms with Gasteiger partial charge in [0.05, 0.1) is 0 Å². The number of rotatable bonds is 10. The Balaban J connectivity index is 1.80. The number of hydrogen-bond acceptors (Lipinski definition) is 7. The molecular formula is C30H33NO7. The highest BCUT2D eigenvalue weighted by Gasteiger charge is 2.26. The van der Waals surface area contributed by atoms with Crippen molar-refractivity contribution in [2.75, 3.05) is 0 Å². The molecule has 1 N–H and O–H groups in total. The first-order valence-corrected chi connectivity index (χ1v) is 12.3. The first-order valence-electron chi connectivity index (χ1n) is 12.3. The maximum atomic E-state index is 13.0. The van der Waals surface area contributed by atoms with Crippen LogP contribution in [0.3, 0.4) is 0 Å². The number of esters is 2. The average molecular weight is 520 g/mol. The molecule has 1 atom stereocenters. The minimum Gasteiger partial charge on any atom is -0.485 e. The number of carbonyl (C=O) groups is 3. The highest BCUT2D eigenvalue weighted by atomic mass is 16.6. The average Bonchev–Trinajstić information content (AvgIpc) is 2.86. The van der Waals surface area contributed by atoms with Gasteiger partial charge < -0.3 is 24.3 Å². The van der Waals surface area contributed by atoms with Crippen molar-refractivity contribution in [3.63, 3.8) is 0 Å². The molecule has 0 aromatic heterocycles. The topological polar surface area (TPSA) is 100 Å². The fourth-order valence-corrected chi connectivity index (χ4v) is 3.47. The predicted molar refractivity (Wildman–Crippen MR) is 142 cm³/mol. The van der Waals surface area contributed by atoms with E-state index < -0.39 is 29.7 Å². The SMILES string of the molecule is CC(=O)Oc1ccc(CC(NC(=O)OC(C)(C)C)C(=O)OCc2ccccc2)cc1OCc1ccccc1. The third-order valence-corrected chi connectivity index (χ3v) is 5.14. The molecule has 0 heterocycles. The minimum atomic E-state index is -1.03. The Morgan fingerprint density at radius 3 is 1.97 bits per heavy atom. The van der Waals surface area contributed by atoms with E-state index in [1.807, 2.05) is 60.7 Å². The first-order chi connectivity index (χ1) is 18.1. The highest BCUT2D eigenvalue weighted by molar-refractivity contribution is 5.82. The lowest BCUT2D eigenvalue weighted by Gasteiger charge is -2.23. The number of hydrogen-bond donors (Lipinski definition) is 1. The third-order valence-electron chi connectivity index (χ3n) is 5.14. The van der Waals surface area contributed by atoms with Crippen LogP contribution in [-0.2, 0) is 38.7 Å². The van der Waals surface area contributed by atoms with Crippen molar-refractivity contribution in [3.05, 3.63) is 95.6 Å². The summed E-state index contributed by atoms with van der Waals surface area (Å²) in [5, 5.41) is 2.62. The molecule has 0 radical (unpaired) electrons. The molecule has 8 nitrogen and oxygen atoms in total. The molecule has 38 heavy (non-hydrogen) atoms. The molecule has 0 fully saturated rings. The standard InChI is InChI=1S/C30H33NO7/c1-21(32)37-26-16-15-24(18-27(26)35-19-22-11-7-5-8-12-22)17-25(31-29(34)38-30(2,3)4)28(33)36-20-23-13-9-6-10-14-23/h5-16,18,25H,17,19-20H2,1-4H3,(H,31,34). The van der Waals surface area contributed by atoms with E-state index in [2.05, 4.69) is 5.32 Å². The molecule has 0 bridgehead atoms. The van der Waals surface area contributed by atoms with Crippen molar-refractivity contribution in [1.29, 1.82) is 0 Å². The summed E-state index contributed by atoms with van der Waals surface area (Å²) in [6.07, 6.45) is -0.647. The number of amides is 1. The molecular weight excluding hydrogens is 486 g/mol. The summed E-state index contributed by atoms with van der Waals surface area (Å²) < 4.78 is 22.1. The summed E-state index contributed by atoms with van der Waals surface area (Å²) in [5.41, 5.74) is 1.66. The van der Waals surface area contributed by atoms with Gasteiger partial charge in [0.1, 0.15) is 24.9 Å². The van der Waals surface area contributed by atoms with E-state index in [0.29, 0.717) is 11.3 Å². The zero-order valence-electron chi connectivity index (χ0n) is 22.1. The first kappa shape index (κ1) is 28.2. The lowest BCUT2D eigenvalue weighted by Crippen LogP contribution is -2.45. The van der Waals surface area contributed by atoms with Crippen LogP contribution in [0.4, 0.5) is 4.79 Å². The second-order valence-corrected chi connectivity index (χ2v) is 9.65. The van der Waals surface area contributed by atoms with Crippen LogP contribution in [0.1, 0.15) is 44.4 Å². The normalized spacial score (nSPS) is 11.7. The maximum absolute atomic E-state index is 13.0. The van der Waals surface area contributed by atoms with Crippen LogP contribution in [0.5, 0.6) is 11.5 Å². The lowest BCUT2D eigenvalue weighted by molar-refractivity contribution is -0.147. The summed E-state index contributed by atoms with van der Waals surface area (Å²) in [6, 6.07) is 22.7. The fraction of sp³-hybridized carbons (Fsp3) is 0.300. The largest absolute Gasteiger partial charge is 0.485 e. The van der Waals surface area contributed by atoms with Gasteiger partial charge in [0, 0.05) is 13.3 Å². The third kappa shape index (κ3) is 9.61. The molecule has 3 rings (SSSR count). The molecule has 1 amide bonds. The van der Waals surface area contributed by atoms with Gasteiger partial charge >= 0.3 is 18.0 Å². The maximum Gasteiger partial charge on any atom is 0.408 e. The molecule has 1 unspecified atom stereocenters. The van der Waals surface area contributed by atoms with Crippen LogP contribution >= 0.6 is 0 Å². The molecule has 8 heteroatoms. The summed E-state index contributed by atoms with van der Waals surface area (Å²) in [4.78, 5) is 37.2. The van der Waals surface area contributed by atoms with Crippen molar-refractivity contribution in [2.24, 2.45) is 0 Å². The molecule has 3 aromatic carbocycles. The number of benzene rings is 3. The van der Waals surface area contributed by atoms with E-state index >= 15 is 0 Å². The van der Waals surface area contributed by atoms with Crippen LogP contribution in [0.2, 0.25) is 0 Å². The van der Waals surface area contributed by atoms with Crippen LogP contribution in [-0.4, -0.2) is 29.7 Å². The molecule has 0 aliphatic carbocycles. The van der Waals surface area contributed by atoms with Crippen molar-refractivity contribution in [1.82, 2.24) is 5.32 Å². The van der Waals surface area contributed by atoms with Crippen LogP contribution < -0.4 is 14.8 Å². The van der Waals surface area contributed by atoms with E-state index in [-0.39, 0.29) is 25.4 Å². The molecule has 0 aliphatic rings. The van der Waals surface area contributed by atoms with Gasteiger partial charge in [0.2, 0.25) is 0 Å². The van der Waals surface area contributed by atoms with Gasteiger partial charge in [-0.3, -0.25) is 4.79 Å². The zero-order chi connectivity index (χ0) is 27.5. The molecule has 0 saturated heterocycles. The Morgan fingerprint density at radius 2 is 1.39 bits per heavy atom. The number of nitrogens with one attached hydrogen (secondary N) is 1. The zero-order valence-corrected chi connectivity index (χ0v) is 22.1. The quantitative estimate of drug-likeness (QED) is 0.284. The van der Waals surface area contributed by atoms with Crippen LogP contribution in [0.25, 0.3) is 0 Å². The Hall–Kier alpha value is -4.33. The second kappa shape index (κ2) is 13.3. The van der Waals surface area contributed by atoms with Crippen molar-refractivity contribution < 1.29 is 33.3 Å². The lowest BCUT2D eigenvalue weighted by atomic mass is 10.1. The number of ether oxygens (including phenoxy) is 4. The van der Waals surface area contributed by atoms with E-state index in [0.717, 1.165) is 11.1 Å². The molecule has 0 saturated carbocycles. The van der Waals surface area contributed by atoms with Crippen LogP contribution in [0.15, 0.2) is 78.9 Å². The number of carbonyl (C=O) groups excluding carboxylic acids is 3. The summed E-state index contributed by atoms with van der Waals surface area (Å²) >= 11 is 0. The van der Waals surface area contributed by atoms with E-state index in [1.54, 1.807) is 39.0 Å². The minimum absolute atomic E-state index is 0.0585. The second-order valence-electron chi connectivity index (χ2n) is 9.65. The van der Waals surface area contributed by atoms with Crippen molar-refractivity contribution in [3.8, 4) is 11.5 Å². The Labute approximate surface area is 222 Å². The van der Waals surface area contributed by atoms with Gasteiger partial charge in [-0.1, -0.05) is 66.7 Å². The van der Waals surface area contributed by atoms with Gasteiger partial charge in [0.15, 0.2) is 11.5 Å². The van der Waals surface area contributed by atoms with Crippen molar-refractivity contribution in [2.45, 2.75) is 59.0 Å². The summed E-state index contributed by atoms with van der Waals surface area (Å²) in [5.74, 6) is -0.525. The van der Waals surface area contributed by atoms with Gasteiger partial charge in [-0.15, -0.1) is 0 Å². The van der Waals surface area contributed by atoms with Gasteiger partial charge in [-0.2, -0.15) is 0 Å². The van der Waals surface area contributed by atoms with E-state index in [4.69, 9.17) is 18.9 Å². The highest BCUT2D eigenvalue weighted by Crippen LogP contribution is 2.30. The van der Waals surface area contributed by atoms with Gasteiger partial charge in [-0.05, 0) is 49.6 Å². The smallest absolute Gasteiger partial charge is 0.408 e. The Kier molecular flexibility index (Phi) is 9.87. The predicted octanol–water partition coefficient (Wildman–Crippen LogP) is 5.37. The Bertz CT molecular complexity index is 1220. The summed E-state index contributed by atoms with van der Waals surface area (Å²) in [6.45, 7) is 6.82. The van der Waals surface area contributed by atoms with Gasteiger partial charge in [-0.25, -0.2) is 9.59 Å². The summed E-state index contributed by atoms with van der Waals surface area (Å²) in [7, 11) is 0. The molecule has 0 spiro atoms. The Morgan fingerprint density at radius 1 is 0.789 bits per heavy atom. The van der Waals surface area contributed by atoms with E-state index in [1.165, 1.54) is 6.92 Å². The molecule has 3 aromatic rings. The van der Waals surface area contributed by atoms with E-state index in [9.17, 15) is 14.4 Å². The van der Waals surface area contributed by atoms with Crippen LogP contribution in [0, 0.1) is 0 Å². The molecule has 200 valence electrons.